The van der Waals surface area contributed by atoms with Crippen LogP contribution in [-0.2, 0) is 9.59 Å². The number of hydrogen-bond acceptors (Lipinski definition) is 6. The van der Waals surface area contributed by atoms with E-state index in [4.69, 9.17) is 10.7 Å². The Morgan fingerprint density at radius 1 is 1.19 bits per heavy atom. The van der Waals surface area contributed by atoms with Gasteiger partial charge in [0.1, 0.15) is 0 Å². The summed E-state index contributed by atoms with van der Waals surface area (Å²) in [7, 11) is 1.90. The van der Waals surface area contributed by atoms with E-state index in [1.165, 1.54) is 6.42 Å². The third-order valence-electron chi connectivity index (χ3n) is 4.93. The molecule has 0 aromatic carbocycles. The zero-order chi connectivity index (χ0) is 18.8. The van der Waals surface area contributed by atoms with Gasteiger partial charge in [0.15, 0.2) is 5.96 Å². The lowest BCUT2D eigenvalue weighted by atomic mass is 10.0. The lowest BCUT2D eigenvalue weighted by Gasteiger charge is -2.14. The maximum Gasteiger partial charge on any atom is 0.219 e. The Bertz CT molecular complexity index is 500. The monoisotopic (exact) mass is 383 g/mol. The fraction of sp³-hybridized carbons (Fsp3) is 0.833. The van der Waals surface area contributed by atoms with Gasteiger partial charge in [-0.15, -0.1) is 0 Å². The summed E-state index contributed by atoms with van der Waals surface area (Å²) in [6.07, 6.45) is 8.06. The van der Waals surface area contributed by atoms with Gasteiger partial charge < -0.3 is 21.7 Å². The number of nitrogens with zero attached hydrogens (tertiary/aromatic N) is 1. The van der Waals surface area contributed by atoms with Crippen LogP contribution in [0.3, 0.4) is 0 Å². The first-order chi connectivity index (χ1) is 12.6. The largest absolute Gasteiger partial charge is 0.370 e. The number of nitrogens with two attached hydrogens (primary N) is 1. The first-order valence-electron chi connectivity index (χ1n) is 9.79. The minimum Gasteiger partial charge on any atom is -0.370 e. The van der Waals surface area contributed by atoms with Crippen LogP contribution in [0.5, 0.6) is 0 Å². The molecular formula is C18H33N5O2S. The normalized spacial score (nSPS) is 23.9. The molecule has 26 heavy (non-hydrogen) atoms. The van der Waals surface area contributed by atoms with Crippen LogP contribution >= 0.6 is 11.8 Å². The second kappa shape index (κ2) is 11.3. The fourth-order valence-electron chi connectivity index (χ4n) is 3.46. The predicted octanol–water partition coefficient (Wildman–Crippen LogP) is 1.13. The Morgan fingerprint density at radius 3 is 2.73 bits per heavy atom. The number of guanidine groups is 1. The van der Waals surface area contributed by atoms with Crippen LogP contribution in [0, 0.1) is 0 Å². The van der Waals surface area contributed by atoms with E-state index in [9.17, 15) is 9.59 Å². The standard InChI is InChI=1S/C18H33N5O2S/c1-20-18-22-13-12-26-14(17(13)23-18)8-4-2-6-10-16(25)21-11-7-3-5-9-15(19)24/h13-14,17H,2-12H2,1H3,(H2,19,24)(H,21,25)(H2,20,22,23)/t13-,14-,17-/m0/s1. The molecule has 0 aromatic rings. The predicted molar refractivity (Wildman–Crippen MR) is 107 cm³/mol. The maximum atomic E-state index is 11.8. The second-order valence-electron chi connectivity index (χ2n) is 7.07. The quantitative estimate of drug-likeness (QED) is 0.378. The van der Waals surface area contributed by atoms with Crippen molar-refractivity contribution in [3.05, 3.63) is 0 Å². The van der Waals surface area contributed by atoms with E-state index in [1.54, 1.807) is 0 Å². The average Bonchev–Trinajstić information content (AvgIpc) is 3.18. The molecule has 0 spiro atoms. The van der Waals surface area contributed by atoms with Crippen LogP contribution in [0.25, 0.3) is 0 Å². The first-order valence-corrected chi connectivity index (χ1v) is 10.8. The summed E-state index contributed by atoms with van der Waals surface area (Å²) in [4.78, 5) is 27.1. The molecule has 0 saturated carbocycles. The topological polar surface area (TPSA) is 109 Å². The smallest absolute Gasteiger partial charge is 0.219 e. The maximum absolute atomic E-state index is 11.8. The zero-order valence-electron chi connectivity index (χ0n) is 15.8. The van der Waals surface area contributed by atoms with Gasteiger partial charge in [0.2, 0.25) is 11.8 Å². The van der Waals surface area contributed by atoms with Gasteiger partial charge in [0.25, 0.3) is 0 Å². The number of nitrogens with one attached hydrogen (secondary N) is 3. The summed E-state index contributed by atoms with van der Waals surface area (Å²) in [5.74, 6) is 1.94. The molecule has 0 unspecified atom stereocenters. The van der Waals surface area contributed by atoms with Crippen molar-refractivity contribution in [2.45, 2.75) is 75.1 Å². The highest BCUT2D eigenvalue weighted by atomic mass is 32.2. The molecule has 2 aliphatic rings. The summed E-state index contributed by atoms with van der Waals surface area (Å²) in [5, 5.41) is 10.1. The van der Waals surface area contributed by atoms with Crippen molar-refractivity contribution >= 4 is 29.5 Å². The number of unbranched alkanes of at least 4 members (excludes halogenated alkanes) is 4. The lowest BCUT2D eigenvalue weighted by molar-refractivity contribution is -0.121. The molecule has 148 valence electrons. The van der Waals surface area contributed by atoms with Crippen LogP contribution < -0.4 is 21.7 Å². The van der Waals surface area contributed by atoms with Gasteiger partial charge in [-0.1, -0.05) is 19.3 Å². The van der Waals surface area contributed by atoms with Gasteiger partial charge in [0, 0.05) is 37.4 Å². The van der Waals surface area contributed by atoms with Crippen LogP contribution in [0.2, 0.25) is 0 Å². The molecular weight excluding hydrogens is 350 g/mol. The number of hydrogen-bond donors (Lipinski definition) is 4. The molecule has 5 N–H and O–H groups in total. The Hall–Kier alpha value is -1.44. The summed E-state index contributed by atoms with van der Waals surface area (Å²) in [6, 6.07) is 0.890. The van der Waals surface area contributed by atoms with E-state index in [-0.39, 0.29) is 11.8 Å². The molecule has 7 nitrogen and oxygen atoms in total. The number of rotatable bonds is 12. The van der Waals surface area contributed by atoms with E-state index >= 15 is 0 Å². The summed E-state index contributed by atoms with van der Waals surface area (Å²) >= 11 is 2.02. The first kappa shape index (κ1) is 20.9. The second-order valence-corrected chi connectivity index (χ2v) is 8.34. The molecule has 0 aromatic heterocycles. The molecule has 0 bridgehead atoms. The van der Waals surface area contributed by atoms with Crippen molar-refractivity contribution in [2.75, 3.05) is 19.3 Å². The Labute approximate surface area is 160 Å². The summed E-state index contributed by atoms with van der Waals surface area (Å²) in [6.45, 7) is 0.693. The van der Waals surface area contributed by atoms with E-state index in [2.05, 4.69) is 16.0 Å². The lowest BCUT2D eigenvalue weighted by Crippen LogP contribution is -2.39. The highest BCUT2D eigenvalue weighted by Gasteiger charge is 2.40. The van der Waals surface area contributed by atoms with Crippen molar-refractivity contribution in [3.63, 3.8) is 0 Å². The summed E-state index contributed by atoms with van der Waals surface area (Å²) < 4.78 is 0. The van der Waals surface area contributed by atoms with Crippen LogP contribution in [-0.4, -0.2) is 54.5 Å². The van der Waals surface area contributed by atoms with Crippen molar-refractivity contribution < 1.29 is 9.59 Å². The molecule has 2 rings (SSSR count). The molecule has 2 heterocycles. The number of aliphatic imine (C=N–C) groups is 1. The number of carbonyl (C=O) groups excluding carboxylic acids is 2. The van der Waals surface area contributed by atoms with Crippen molar-refractivity contribution in [1.29, 1.82) is 0 Å². The van der Waals surface area contributed by atoms with Crippen molar-refractivity contribution in [3.8, 4) is 0 Å². The average molecular weight is 384 g/mol. The van der Waals surface area contributed by atoms with Crippen molar-refractivity contribution in [2.24, 2.45) is 10.7 Å². The Morgan fingerprint density at radius 2 is 1.96 bits per heavy atom. The minimum absolute atomic E-state index is 0.137. The van der Waals surface area contributed by atoms with Gasteiger partial charge in [-0.05, 0) is 25.7 Å². The fourth-order valence-corrected chi connectivity index (χ4v) is 4.98. The molecule has 2 aliphatic heterocycles. The highest BCUT2D eigenvalue weighted by Crippen LogP contribution is 2.35. The molecule has 1 saturated heterocycles. The van der Waals surface area contributed by atoms with E-state index in [1.807, 2.05) is 18.8 Å². The molecule has 1 fully saturated rings. The molecule has 0 radical (unpaired) electrons. The van der Waals surface area contributed by atoms with Gasteiger partial charge >= 0.3 is 0 Å². The van der Waals surface area contributed by atoms with E-state index in [0.717, 1.165) is 50.2 Å². The zero-order valence-corrected chi connectivity index (χ0v) is 16.6. The van der Waals surface area contributed by atoms with E-state index in [0.29, 0.717) is 36.7 Å². The number of fused-ring (bicyclic) bond motifs is 1. The highest BCUT2D eigenvalue weighted by molar-refractivity contribution is 8.00. The Kier molecular flexibility index (Phi) is 9.08. The van der Waals surface area contributed by atoms with Gasteiger partial charge in [-0.2, -0.15) is 11.8 Å². The van der Waals surface area contributed by atoms with Crippen LogP contribution in [0.1, 0.15) is 57.8 Å². The molecule has 2 amide bonds. The van der Waals surface area contributed by atoms with Crippen molar-refractivity contribution in [1.82, 2.24) is 16.0 Å². The number of amides is 2. The van der Waals surface area contributed by atoms with Gasteiger partial charge in [-0.25, -0.2) is 4.99 Å². The Balaban J connectivity index is 1.45. The third-order valence-corrected chi connectivity index (χ3v) is 6.43. The number of carbonyl (C=O) groups is 2. The molecule has 3 atom stereocenters. The summed E-state index contributed by atoms with van der Waals surface area (Å²) in [5.41, 5.74) is 5.09. The van der Waals surface area contributed by atoms with Crippen LogP contribution in [0.4, 0.5) is 0 Å². The molecule has 0 aliphatic carbocycles. The molecule has 8 heteroatoms. The minimum atomic E-state index is -0.251. The third kappa shape index (κ3) is 7.05. The SMILES string of the molecule is CNC1=N[C@H]2[C@H](CS[C@H]2CCCCCC(=O)NCCCCCC(N)=O)N1. The van der Waals surface area contributed by atoms with Gasteiger partial charge in [0.05, 0.1) is 12.1 Å². The number of primary amides is 1. The number of thioether (sulfide) groups is 1. The van der Waals surface area contributed by atoms with Gasteiger partial charge in [-0.3, -0.25) is 9.59 Å². The van der Waals surface area contributed by atoms with E-state index < -0.39 is 0 Å². The van der Waals surface area contributed by atoms with Crippen LogP contribution in [0.15, 0.2) is 4.99 Å².